The molecule has 0 spiro atoms. The molecule has 1 unspecified atom stereocenters. The summed E-state index contributed by atoms with van der Waals surface area (Å²) >= 11 is 5.63. The van der Waals surface area contributed by atoms with Gasteiger partial charge in [0.1, 0.15) is 4.38 Å². The van der Waals surface area contributed by atoms with Crippen molar-refractivity contribution in [2.45, 2.75) is 29.9 Å². The molecule has 0 radical (unpaired) electrons. The van der Waals surface area contributed by atoms with E-state index in [0.29, 0.717) is 0 Å². The van der Waals surface area contributed by atoms with Crippen LogP contribution in [0.4, 0.5) is 0 Å². The maximum absolute atomic E-state index is 4.88. The summed E-state index contributed by atoms with van der Waals surface area (Å²) in [7, 11) is 0. The minimum atomic E-state index is -0.0226. The minimum Gasteiger partial charge on any atom is -0.263 e. The van der Waals surface area contributed by atoms with Crippen LogP contribution in [0.25, 0.3) is 0 Å². The van der Waals surface area contributed by atoms with Gasteiger partial charge in [0, 0.05) is 0 Å². The molecule has 0 saturated heterocycles. The van der Waals surface area contributed by atoms with Crippen LogP contribution >= 0.6 is 35.3 Å². The van der Waals surface area contributed by atoms with Crippen LogP contribution in [0, 0.1) is 0 Å². The molecule has 0 bridgehead atoms. The zero-order valence-electron chi connectivity index (χ0n) is 11.3. The number of hydrogen-bond acceptors (Lipinski definition) is 4. The third-order valence-corrected chi connectivity index (χ3v) is 7.82. The molecule has 98 valence electrons. The van der Waals surface area contributed by atoms with Crippen LogP contribution in [0.15, 0.2) is 35.3 Å². The van der Waals surface area contributed by atoms with Gasteiger partial charge in [0.2, 0.25) is 0 Å². The van der Waals surface area contributed by atoms with E-state index in [1.165, 1.54) is 9.94 Å². The Balaban J connectivity index is 2.28. The Morgan fingerprint density at radius 3 is 2.33 bits per heavy atom. The molecule has 1 nitrogen and oxygen atoms in total. The van der Waals surface area contributed by atoms with Gasteiger partial charge in [-0.15, -0.1) is 23.5 Å². The molecule has 1 aromatic carbocycles. The standard InChI is InChI=1S/C14H19NS3/c1-13(2)14(17-4,18-12(15-13)16-3)10-11-8-6-5-7-9-11/h5-9H,10H2,1-4H3. The molecule has 1 heterocycles. The summed E-state index contributed by atoms with van der Waals surface area (Å²) in [4.78, 5) is 4.88. The van der Waals surface area contributed by atoms with Crippen LogP contribution in [-0.4, -0.2) is 26.5 Å². The zero-order valence-corrected chi connectivity index (χ0v) is 13.7. The third kappa shape index (κ3) is 2.61. The van der Waals surface area contributed by atoms with E-state index in [1.54, 1.807) is 11.8 Å². The lowest BCUT2D eigenvalue weighted by molar-refractivity contribution is 0.476. The highest BCUT2D eigenvalue weighted by Crippen LogP contribution is 2.55. The van der Waals surface area contributed by atoms with Crippen molar-refractivity contribution in [2.24, 2.45) is 4.99 Å². The van der Waals surface area contributed by atoms with E-state index in [9.17, 15) is 0 Å². The van der Waals surface area contributed by atoms with E-state index in [0.717, 1.165) is 6.42 Å². The van der Waals surface area contributed by atoms with Crippen molar-refractivity contribution in [3.8, 4) is 0 Å². The van der Waals surface area contributed by atoms with Gasteiger partial charge in [0.05, 0.1) is 9.62 Å². The van der Waals surface area contributed by atoms with Crippen LogP contribution < -0.4 is 0 Å². The van der Waals surface area contributed by atoms with Crippen molar-refractivity contribution >= 4 is 39.7 Å². The van der Waals surface area contributed by atoms with E-state index < -0.39 is 0 Å². The Morgan fingerprint density at radius 2 is 1.83 bits per heavy atom. The molecule has 1 aromatic rings. The van der Waals surface area contributed by atoms with Gasteiger partial charge in [0.25, 0.3) is 0 Å². The topological polar surface area (TPSA) is 12.4 Å². The first-order valence-electron chi connectivity index (χ1n) is 5.95. The van der Waals surface area contributed by atoms with Gasteiger partial charge >= 0.3 is 0 Å². The number of aliphatic imine (C=N–C) groups is 1. The Labute approximate surface area is 123 Å². The molecule has 4 heteroatoms. The number of thioether (sulfide) groups is 3. The molecule has 0 saturated carbocycles. The molecule has 1 aliphatic rings. The molecule has 0 aromatic heterocycles. The molecule has 2 rings (SSSR count). The molecular formula is C14H19NS3. The quantitative estimate of drug-likeness (QED) is 0.813. The van der Waals surface area contributed by atoms with Gasteiger partial charge in [-0.05, 0) is 38.3 Å². The van der Waals surface area contributed by atoms with E-state index >= 15 is 0 Å². The lowest BCUT2D eigenvalue weighted by Gasteiger charge is -2.37. The maximum Gasteiger partial charge on any atom is 0.126 e. The third-order valence-electron chi connectivity index (χ3n) is 3.34. The second kappa shape index (κ2) is 5.51. The zero-order chi connectivity index (χ0) is 13.2. The number of rotatable bonds is 3. The average molecular weight is 298 g/mol. The first kappa shape index (κ1) is 14.4. The Hall–Kier alpha value is -0.0600. The predicted octanol–water partition coefficient (Wildman–Crippen LogP) is 4.53. The molecule has 1 aliphatic heterocycles. The van der Waals surface area contributed by atoms with Gasteiger partial charge in [-0.2, -0.15) is 0 Å². The number of nitrogens with zero attached hydrogens (tertiary/aromatic N) is 1. The van der Waals surface area contributed by atoms with Crippen molar-refractivity contribution in [1.29, 1.82) is 0 Å². The smallest absolute Gasteiger partial charge is 0.126 e. The van der Waals surface area contributed by atoms with E-state index in [2.05, 4.69) is 56.7 Å². The fourth-order valence-electron chi connectivity index (χ4n) is 2.17. The molecule has 0 fully saturated rings. The first-order chi connectivity index (χ1) is 8.53. The normalized spacial score (nSPS) is 26.1. The Bertz CT molecular complexity index is 442. The number of hydrogen-bond donors (Lipinski definition) is 0. The van der Waals surface area contributed by atoms with Crippen LogP contribution in [0.2, 0.25) is 0 Å². The molecule has 0 amide bonds. The van der Waals surface area contributed by atoms with Crippen LogP contribution in [0.5, 0.6) is 0 Å². The minimum absolute atomic E-state index is 0.0226. The first-order valence-corrected chi connectivity index (χ1v) is 9.21. The number of benzene rings is 1. The van der Waals surface area contributed by atoms with Gasteiger partial charge in [0.15, 0.2) is 0 Å². The van der Waals surface area contributed by atoms with Gasteiger partial charge in [-0.1, -0.05) is 42.1 Å². The second-order valence-electron chi connectivity index (χ2n) is 4.86. The van der Waals surface area contributed by atoms with Crippen molar-refractivity contribution in [1.82, 2.24) is 0 Å². The van der Waals surface area contributed by atoms with Crippen LogP contribution in [-0.2, 0) is 6.42 Å². The average Bonchev–Trinajstić information content (AvgIpc) is 2.62. The summed E-state index contributed by atoms with van der Waals surface area (Å²) < 4.78 is 1.33. The van der Waals surface area contributed by atoms with E-state index in [4.69, 9.17) is 4.99 Å². The monoisotopic (exact) mass is 297 g/mol. The summed E-state index contributed by atoms with van der Waals surface area (Å²) in [5, 5.41) is 0. The van der Waals surface area contributed by atoms with E-state index in [1.807, 2.05) is 23.5 Å². The summed E-state index contributed by atoms with van der Waals surface area (Å²) in [6.45, 7) is 4.51. The highest BCUT2D eigenvalue weighted by atomic mass is 32.2. The fraction of sp³-hybridized carbons (Fsp3) is 0.500. The summed E-state index contributed by atoms with van der Waals surface area (Å²) in [5.74, 6) is 0. The second-order valence-corrected chi connectivity index (χ2v) is 8.57. The van der Waals surface area contributed by atoms with Gasteiger partial charge < -0.3 is 0 Å². The largest absolute Gasteiger partial charge is 0.263 e. The lowest BCUT2D eigenvalue weighted by Crippen LogP contribution is -2.41. The highest BCUT2D eigenvalue weighted by molar-refractivity contribution is 8.42. The fourth-order valence-corrected chi connectivity index (χ4v) is 5.92. The Morgan fingerprint density at radius 1 is 1.17 bits per heavy atom. The van der Waals surface area contributed by atoms with Crippen molar-refractivity contribution in [3.63, 3.8) is 0 Å². The van der Waals surface area contributed by atoms with Crippen molar-refractivity contribution < 1.29 is 0 Å². The molecule has 0 N–H and O–H groups in total. The molecule has 18 heavy (non-hydrogen) atoms. The SMILES string of the molecule is CSC1=NC(C)(C)C(Cc2ccccc2)(SC)S1. The van der Waals surface area contributed by atoms with Gasteiger partial charge in [-0.25, -0.2) is 0 Å². The molecular weight excluding hydrogens is 278 g/mol. The Kier molecular flexibility index (Phi) is 4.40. The van der Waals surface area contributed by atoms with Gasteiger partial charge in [-0.3, -0.25) is 4.99 Å². The summed E-state index contributed by atoms with van der Waals surface area (Å²) in [5.41, 5.74) is 1.37. The lowest BCUT2D eigenvalue weighted by atomic mass is 9.94. The predicted molar refractivity (Wildman–Crippen MR) is 89.0 cm³/mol. The van der Waals surface area contributed by atoms with E-state index in [-0.39, 0.29) is 9.62 Å². The maximum atomic E-state index is 4.88. The van der Waals surface area contributed by atoms with Crippen LogP contribution in [0.3, 0.4) is 0 Å². The summed E-state index contributed by atoms with van der Waals surface area (Å²) in [6.07, 6.45) is 5.37. The molecule has 1 atom stereocenters. The molecule has 0 aliphatic carbocycles. The van der Waals surface area contributed by atoms with Crippen molar-refractivity contribution in [3.05, 3.63) is 35.9 Å². The van der Waals surface area contributed by atoms with Crippen molar-refractivity contribution in [2.75, 3.05) is 12.5 Å². The van der Waals surface area contributed by atoms with Crippen LogP contribution in [0.1, 0.15) is 19.4 Å². The highest BCUT2D eigenvalue weighted by Gasteiger charge is 2.50. The summed E-state index contributed by atoms with van der Waals surface area (Å²) in [6, 6.07) is 10.7.